The van der Waals surface area contributed by atoms with Crippen LogP contribution in [0.3, 0.4) is 0 Å². The van der Waals surface area contributed by atoms with Crippen LogP contribution in [0.15, 0.2) is 53.0 Å². The minimum absolute atomic E-state index is 0.143. The van der Waals surface area contributed by atoms with Gasteiger partial charge in [-0.2, -0.15) is 0 Å². The zero-order valence-electron chi connectivity index (χ0n) is 10.3. The summed E-state index contributed by atoms with van der Waals surface area (Å²) in [6.45, 7) is 1.94. The van der Waals surface area contributed by atoms with Crippen molar-refractivity contribution in [3.8, 4) is 5.69 Å². The summed E-state index contributed by atoms with van der Waals surface area (Å²) in [5.41, 5.74) is 3.11. The normalized spacial score (nSPS) is 12.8. The second-order valence-corrected chi connectivity index (χ2v) is 5.96. The smallest absolute Gasteiger partial charge is 0.132 e. The molecule has 0 aliphatic carbocycles. The number of imidazole rings is 1. The first-order chi connectivity index (χ1) is 9.16. The van der Waals surface area contributed by atoms with Crippen LogP contribution < -0.4 is 0 Å². The Labute approximate surface area is 125 Å². The maximum absolute atomic E-state index is 6.27. The summed E-state index contributed by atoms with van der Waals surface area (Å²) in [4.78, 5) is 4.63. The number of halogens is 2. The van der Waals surface area contributed by atoms with Gasteiger partial charge >= 0.3 is 0 Å². The van der Waals surface area contributed by atoms with E-state index in [4.69, 9.17) is 11.6 Å². The molecule has 0 N–H and O–H groups in total. The maximum atomic E-state index is 6.27. The molecule has 0 saturated heterocycles. The van der Waals surface area contributed by atoms with E-state index in [1.807, 2.05) is 37.3 Å². The Morgan fingerprint density at radius 2 is 1.79 bits per heavy atom. The number of alkyl halides is 1. The van der Waals surface area contributed by atoms with Crippen LogP contribution in [0.4, 0.5) is 0 Å². The van der Waals surface area contributed by atoms with E-state index in [2.05, 4.69) is 43.7 Å². The topological polar surface area (TPSA) is 17.8 Å². The third-order valence-electron chi connectivity index (χ3n) is 3.03. The van der Waals surface area contributed by atoms with Gasteiger partial charge in [0.05, 0.1) is 16.4 Å². The molecule has 0 bridgehead atoms. The van der Waals surface area contributed by atoms with Gasteiger partial charge in [-0.05, 0) is 43.3 Å². The molecular weight excluding hydrogens is 324 g/mol. The average molecular weight is 336 g/mol. The van der Waals surface area contributed by atoms with Crippen LogP contribution >= 0.6 is 27.5 Å². The highest BCUT2D eigenvalue weighted by Crippen LogP contribution is 2.28. The molecule has 1 heterocycles. The summed E-state index contributed by atoms with van der Waals surface area (Å²) >= 11 is 9.72. The maximum Gasteiger partial charge on any atom is 0.132 e. The van der Waals surface area contributed by atoms with Gasteiger partial charge in [0.1, 0.15) is 5.82 Å². The van der Waals surface area contributed by atoms with Gasteiger partial charge in [-0.15, -0.1) is 11.6 Å². The Bertz CT molecular complexity index is 717. The van der Waals surface area contributed by atoms with Gasteiger partial charge in [0, 0.05) is 10.2 Å². The lowest BCUT2D eigenvalue weighted by molar-refractivity contribution is 0.882. The molecule has 0 aliphatic rings. The molecule has 0 fully saturated rings. The highest BCUT2D eigenvalue weighted by atomic mass is 79.9. The SMILES string of the molecule is CC(Cl)c1nc2ccccc2n1-c1ccc(Br)cc1. The quantitative estimate of drug-likeness (QED) is 0.597. The second kappa shape index (κ2) is 4.99. The Morgan fingerprint density at radius 3 is 2.47 bits per heavy atom. The molecule has 0 radical (unpaired) electrons. The van der Waals surface area contributed by atoms with Crippen molar-refractivity contribution in [3.05, 3.63) is 58.8 Å². The van der Waals surface area contributed by atoms with E-state index in [1.165, 1.54) is 0 Å². The molecule has 0 aliphatic heterocycles. The molecule has 0 spiro atoms. The van der Waals surface area contributed by atoms with E-state index in [0.29, 0.717) is 0 Å². The Hall–Kier alpha value is -1.32. The van der Waals surface area contributed by atoms with Crippen LogP contribution in [0.25, 0.3) is 16.7 Å². The number of fused-ring (bicyclic) bond motifs is 1. The lowest BCUT2D eigenvalue weighted by atomic mass is 10.2. The lowest BCUT2D eigenvalue weighted by Crippen LogP contribution is -2.01. The predicted octanol–water partition coefficient (Wildman–Crippen LogP) is 5.09. The van der Waals surface area contributed by atoms with E-state index in [9.17, 15) is 0 Å². The van der Waals surface area contributed by atoms with Crippen LogP contribution in [-0.2, 0) is 0 Å². The fourth-order valence-electron chi connectivity index (χ4n) is 2.17. The minimum atomic E-state index is -0.143. The molecule has 3 aromatic rings. The molecule has 1 unspecified atom stereocenters. The van der Waals surface area contributed by atoms with Crippen molar-refractivity contribution >= 4 is 38.6 Å². The average Bonchev–Trinajstić information content (AvgIpc) is 2.79. The van der Waals surface area contributed by atoms with Crippen LogP contribution in [0.5, 0.6) is 0 Å². The molecule has 19 heavy (non-hydrogen) atoms. The van der Waals surface area contributed by atoms with Crippen molar-refractivity contribution in [1.29, 1.82) is 0 Å². The van der Waals surface area contributed by atoms with Gasteiger partial charge in [0.2, 0.25) is 0 Å². The Kier molecular flexibility index (Phi) is 3.33. The molecule has 3 rings (SSSR count). The Morgan fingerprint density at radius 1 is 1.11 bits per heavy atom. The van der Waals surface area contributed by atoms with Crippen molar-refractivity contribution in [2.45, 2.75) is 12.3 Å². The van der Waals surface area contributed by atoms with Gasteiger partial charge in [-0.3, -0.25) is 4.57 Å². The number of hydrogen-bond donors (Lipinski definition) is 0. The zero-order valence-corrected chi connectivity index (χ0v) is 12.7. The van der Waals surface area contributed by atoms with E-state index >= 15 is 0 Å². The predicted molar refractivity (Wildman–Crippen MR) is 83.0 cm³/mol. The number of nitrogens with zero attached hydrogens (tertiary/aromatic N) is 2. The zero-order chi connectivity index (χ0) is 13.4. The van der Waals surface area contributed by atoms with Crippen molar-refractivity contribution in [1.82, 2.24) is 9.55 Å². The third kappa shape index (κ3) is 2.28. The number of para-hydroxylation sites is 2. The molecule has 1 atom stereocenters. The first-order valence-corrected chi connectivity index (χ1v) is 7.27. The van der Waals surface area contributed by atoms with Crippen LogP contribution in [-0.4, -0.2) is 9.55 Å². The fraction of sp³-hybridized carbons (Fsp3) is 0.133. The van der Waals surface area contributed by atoms with Gasteiger partial charge in [-0.25, -0.2) is 4.98 Å². The molecular formula is C15H12BrClN2. The standard InChI is InChI=1S/C15H12BrClN2/c1-10(17)15-18-13-4-2-3-5-14(13)19(15)12-8-6-11(16)7-9-12/h2-10H,1H3. The molecule has 4 heteroatoms. The summed E-state index contributed by atoms with van der Waals surface area (Å²) in [5.74, 6) is 0.866. The number of hydrogen-bond acceptors (Lipinski definition) is 1. The summed E-state index contributed by atoms with van der Waals surface area (Å²) in [5, 5.41) is -0.143. The Balaban J connectivity index is 2.31. The van der Waals surface area contributed by atoms with Crippen LogP contribution in [0.1, 0.15) is 18.1 Å². The molecule has 96 valence electrons. The van der Waals surface area contributed by atoms with Crippen molar-refractivity contribution < 1.29 is 0 Å². The van der Waals surface area contributed by atoms with Crippen molar-refractivity contribution in [2.75, 3.05) is 0 Å². The summed E-state index contributed by atoms with van der Waals surface area (Å²) < 4.78 is 3.17. The number of rotatable bonds is 2. The first kappa shape index (κ1) is 12.7. The number of aromatic nitrogens is 2. The first-order valence-electron chi connectivity index (χ1n) is 6.04. The minimum Gasteiger partial charge on any atom is -0.295 e. The lowest BCUT2D eigenvalue weighted by Gasteiger charge is -2.10. The van der Waals surface area contributed by atoms with E-state index in [-0.39, 0.29) is 5.38 Å². The molecule has 0 saturated carbocycles. The fourth-order valence-corrected chi connectivity index (χ4v) is 2.58. The van der Waals surface area contributed by atoms with Gasteiger partial charge in [0.25, 0.3) is 0 Å². The van der Waals surface area contributed by atoms with E-state index in [1.54, 1.807) is 0 Å². The van der Waals surface area contributed by atoms with Gasteiger partial charge in [-0.1, -0.05) is 28.1 Å². The summed E-state index contributed by atoms with van der Waals surface area (Å²) in [7, 11) is 0. The largest absolute Gasteiger partial charge is 0.295 e. The van der Waals surface area contributed by atoms with Gasteiger partial charge in [0.15, 0.2) is 0 Å². The monoisotopic (exact) mass is 334 g/mol. The highest BCUT2D eigenvalue weighted by molar-refractivity contribution is 9.10. The van der Waals surface area contributed by atoms with Gasteiger partial charge < -0.3 is 0 Å². The molecule has 2 nitrogen and oxygen atoms in total. The molecule has 1 aromatic heterocycles. The van der Waals surface area contributed by atoms with E-state index < -0.39 is 0 Å². The number of benzene rings is 2. The summed E-state index contributed by atoms with van der Waals surface area (Å²) in [6.07, 6.45) is 0. The van der Waals surface area contributed by atoms with E-state index in [0.717, 1.165) is 27.0 Å². The van der Waals surface area contributed by atoms with Crippen LogP contribution in [0, 0.1) is 0 Å². The van der Waals surface area contributed by atoms with Crippen LogP contribution in [0.2, 0.25) is 0 Å². The highest BCUT2D eigenvalue weighted by Gasteiger charge is 2.15. The molecule has 0 amide bonds. The summed E-state index contributed by atoms with van der Waals surface area (Å²) in [6, 6.07) is 16.2. The van der Waals surface area contributed by atoms with Crippen molar-refractivity contribution in [2.24, 2.45) is 0 Å². The third-order valence-corrected chi connectivity index (χ3v) is 3.75. The second-order valence-electron chi connectivity index (χ2n) is 4.39. The van der Waals surface area contributed by atoms with Crippen molar-refractivity contribution in [3.63, 3.8) is 0 Å². The molecule has 2 aromatic carbocycles.